The van der Waals surface area contributed by atoms with Gasteiger partial charge >= 0.3 is 0 Å². The summed E-state index contributed by atoms with van der Waals surface area (Å²) in [7, 11) is 0. The van der Waals surface area contributed by atoms with E-state index < -0.39 is 0 Å². The van der Waals surface area contributed by atoms with Crippen molar-refractivity contribution in [1.29, 1.82) is 0 Å². The van der Waals surface area contributed by atoms with Gasteiger partial charge in [-0.1, -0.05) is 0 Å². The minimum absolute atomic E-state index is 0.0217. The molecule has 0 spiro atoms. The number of thiazole rings is 1. The molecule has 2 bridgehead atoms. The highest BCUT2D eigenvalue weighted by atomic mass is 32.1. The molecule has 0 radical (unpaired) electrons. The summed E-state index contributed by atoms with van der Waals surface area (Å²) in [6, 6.07) is 6.21. The number of oxazole rings is 1. The van der Waals surface area contributed by atoms with Gasteiger partial charge in [-0.05, 0) is 44.2 Å². The quantitative estimate of drug-likeness (QED) is 0.700. The average molecular weight is 369 g/mol. The van der Waals surface area contributed by atoms with Crippen LogP contribution in [-0.4, -0.2) is 33.4 Å². The summed E-state index contributed by atoms with van der Waals surface area (Å²) < 4.78 is 12.3. The van der Waals surface area contributed by atoms with E-state index in [4.69, 9.17) is 9.15 Å². The van der Waals surface area contributed by atoms with Gasteiger partial charge in [0.2, 0.25) is 5.89 Å². The lowest BCUT2D eigenvalue weighted by molar-refractivity contribution is 0.0697. The Balaban J connectivity index is 1.25. The number of piperidine rings is 1. The topological polar surface area (TPSA) is 68.5 Å². The Bertz CT molecular complexity index is 979. The molecule has 6 nitrogen and oxygen atoms in total. The predicted octanol–water partition coefficient (Wildman–Crippen LogP) is 3.80. The van der Waals surface area contributed by atoms with Gasteiger partial charge in [0.15, 0.2) is 12.3 Å². The van der Waals surface area contributed by atoms with Crippen LogP contribution in [0.3, 0.4) is 0 Å². The van der Waals surface area contributed by atoms with Gasteiger partial charge in [0.1, 0.15) is 12.0 Å². The molecule has 1 saturated carbocycles. The molecule has 0 N–H and O–H groups in total. The number of aromatic nitrogens is 2. The fourth-order valence-electron chi connectivity index (χ4n) is 4.05. The Morgan fingerprint density at radius 1 is 1.38 bits per heavy atom. The molecule has 2 fully saturated rings. The summed E-state index contributed by atoms with van der Waals surface area (Å²) in [4.78, 5) is 23.4. The normalized spacial score (nSPS) is 21.7. The molecular formula is C19H19N3O3S. The molecule has 2 atom stereocenters. The number of hydrogen-bond donors (Lipinski definition) is 0. The van der Waals surface area contributed by atoms with Crippen LogP contribution in [0.2, 0.25) is 0 Å². The lowest BCUT2D eigenvalue weighted by atomic mass is 10.1. The molecule has 1 amide bonds. The number of carbonyl (C=O) groups excluding carboxylic acids is 1. The van der Waals surface area contributed by atoms with E-state index >= 15 is 0 Å². The summed E-state index contributed by atoms with van der Waals surface area (Å²) in [5.74, 6) is 1.77. The monoisotopic (exact) mass is 369 g/mol. The van der Waals surface area contributed by atoms with Crippen molar-refractivity contribution in [3.05, 3.63) is 41.1 Å². The molecule has 3 heterocycles. The van der Waals surface area contributed by atoms with Crippen LogP contribution in [-0.2, 0) is 6.61 Å². The first-order chi connectivity index (χ1) is 12.7. The Kier molecular flexibility index (Phi) is 3.70. The lowest BCUT2D eigenvalue weighted by Crippen LogP contribution is -2.37. The first kappa shape index (κ1) is 15.8. The summed E-state index contributed by atoms with van der Waals surface area (Å²) >= 11 is 1.66. The zero-order valence-corrected chi connectivity index (χ0v) is 15.3. The number of hydrogen-bond acceptors (Lipinski definition) is 6. The second kappa shape index (κ2) is 6.09. The van der Waals surface area contributed by atoms with Crippen LogP contribution < -0.4 is 4.74 Å². The van der Waals surface area contributed by atoms with E-state index in [0.29, 0.717) is 29.3 Å². The molecule has 1 aliphatic carbocycles. The van der Waals surface area contributed by atoms with Gasteiger partial charge in [-0.15, -0.1) is 11.3 Å². The van der Waals surface area contributed by atoms with Crippen LogP contribution in [0.5, 0.6) is 5.75 Å². The fourth-order valence-corrected chi connectivity index (χ4v) is 4.86. The van der Waals surface area contributed by atoms with Gasteiger partial charge in [-0.25, -0.2) is 9.97 Å². The van der Waals surface area contributed by atoms with Gasteiger partial charge < -0.3 is 14.1 Å². The molecule has 2 aromatic heterocycles. The molecular weight excluding hydrogens is 350 g/mol. The number of carbonyl (C=O) groups is 1. The highest BCUT2D eigenvalue weighted by Gasteiger charge is 2.41. The van der Waals surface area contributed by atoms with Gasteiger partial charge in [0.25, 0.3) is 5.91 Å². The van der Waals surface area contributed by atoms with Crippen molar-refractivity contribution in [3.63, 3.8) is 0 Å². The van der Waals surface area contributed by atoms with E-state index in [0.717, 1.165) is 34.6 Å². The van der Waals surface area contributed by atoms with Crippen molar-refractivity contribution in [2.45, 2.75) is 38.8 Å². The van der Waals surface area contributed by atoms with E-state index in [2.05, 4.69) is 9.97 Å². The summed E-state index contributed by atoms with van der Waals surface area (Å²) in [6.45, 7) is 3.03. The second-order valence-electron chi connectivity index (χ2n) is 7.07. The van der Waals surface area contributed by atoms with E-state index in [1.54, 1.807) is 11.3 Å². The molecule has 26 heavy (non-hydrogen) atoms. The first-order valence-corrected chi connectivity index (χ1v) is 9.73. The van der Waals surface area contributed by atoms with E-state index in [1.165, 1.54) is 12.7 Å². The molecule has 1 saturated heterocycles. The number of rotatable bonds is 4. The van der Waals surface area contributed by atoms with E-state index in [1.807, 2.05) is 30.0 Å². The van der Waals surface area contributed by atoms with Crippen LogP contribution in [0, 0.1) is 12.8 Å². The van der Waals surface area contributed by atoms with Crippen LogP contribution >= 0.6 is 11.3 Å². The van der Waals surface area contributed by atoms with E-state index in [9.17, 15) is 4.79 Å². The summed E-state index contributed by atoms with van der Waals surface area (Å²) in [5, 5.41) is 1.03. The first-order valence-electron chi connectivity index (χ1n) is 8.91. The standard InChI is InChI=1S/C19H19N3O3S/c1-11-20-15-7-14(4-5-17(15)26-11)24-10-18-21-16(9-25-18)19(23)22-8-12-2-3-13(22)6-12/h4-5,7,9,12-13H,2-3,6,8,10H2,1H3/t12-,13-/m0/s1. The smallest absolute Gasteiger partial charge is 0.276 e. The van der Waals surface area contributed by atoms with Crippen LogP contribution in [0.25, 0.3) is 10.2 Å². The maximum atomic E-state index is 12.6. The number of aryl methyl sites for hydroxylation is 1. The van der Waals surface area contributed by atoms with Gasteiger partial charge in [-0.2, -0.15) is 0 Å². The Morgan fingerprint density at radius 3 is 3.12 bits per heavy atom. The van der Waals surface area contributed by atoms with Crippen LogP contribution in [0.15, 0.2) is 28.9 Å². The van der Waals surface area contributed by atoms with Crippen LogP contribution in [0.1, 0.15) is 40.6 Å². The van der Waals surface area contributed by atoms with Crippen molar-refractivity contribution in [2.75, 3.05) is 6.54 Å². The summed E-state index contributed by atoms with van der Waals surface area (Å²) in [6.07, 6.45) is 4.94. The average Bonchev–Trinajstić information content (AvgIpc) is 3.41. The van der Waals surface area contributed by atoms with Crippen molar-refractivity contribution in [3.8, 4) is 5.75 Å². The van der Waals surface area contributed by atoms with Crippen molar-refractivity contribution in [1.82, 2.24) is 14.9 Å². The SMILES string of the molecule is Cc1nc2cc(OCc3nc(C(=O)N4C[C@H]5CC[C@H]4C5)co3)ccc2s1. The number of amides is 1. The van der Waals surface area contributed by atoms with E-state index in [-0.39, 0.29) is 12.5 Å². The maximum absolute atomic E-state index is 12.6. The lowest BCUT2D eigenvalue weighted by Gasteiger charge is -2.25. The highest BCUT2D eigenvalue weighted by Crippen LogP contribution is 2.38. The minimum Gasteiger partial charge on any atom is -0.484 e. The highest BCUT2D eigenvalue weighted by molar-refractivity contribution is 7.18. The molecule has 7 heteroatoms. The Hall–Kier alpha value is -2.41. The van der Waals surface area contributed by atoms with Crippen LogP contribution in [0.4, 0.5) is 0 Å². The molecule has 0 unspecified atom stereocenters. The third-order valence-electron chi connectivity index (χ3n) is 5.27. The number of likely N-dealkylation sites (tertiary alicyclic amines) is 1. The Morgan fingerprint density at radius 2 is 2.31 bits per heavy atom. The molecule has 1 aromatic carbocycles. The number of nitrogens with zero attached hydrogens (tertiary/aromatic N) is 3. The van der Waals surface area contributed by atoms with Gasteiger partial charge in [0, 0.05) is 18.7 Å². The predicted molar refractivity (Wildman–Crippen MR) is 97.4 cm³/mol. The largest absolute Gasteiger partial charge is 0.484 e. The molecule has 5 rings (SSSR count). The van der Waals surface area contributed by atoms with Crippen molar-refractivity contribution >= 4 is 27.5 Å². The van der Waals surface area contributed by atoms with Crippen molar-refractivity contribution < 1.29 is 13.9 Å². The number of benzene rings is 1. The van der Waals surface area contributed by atoms with Crippen molar-refractivity contribution in [2.24, 2.45) is 5.92 Å². The third kappa shape index (κ3) is 2.76. The number of ether oxygens (including phenoxy) is 1. The molecule has 3 aromatic rings. The minimum atomic E-state index is -0.0217. The molecule has 1 aliphatic heterocycles. The summed E-state index contributed by atoms with van der Waals surface area (Å²) in [5.41, 5.74) is 1.30. The second-order valence-corrected chi connectivity index (χ2v) is 8.30. The Labute approximate surface area is 154 Å². The zero-order chi connectivity index (χ0) is 17.7. The molecule has 2 aliphatic rings. The maximum Gasteiger partial charge on any atom is 0.276 e. The van der Waals surface area contributed by atoms with Gasteiger partial charge in [0.05, 0.1) is 15.2 Å². The fraction of sp³-hybridized carbons (Fsp3) is 0.421. The molecule has 134 valence electrons. The third-order valence-corrected chi connectivity index (χ3v) is 6.22. The number of fused-ring (bicyclic) bond motifs is 3. The van der Waals surface area contributed by atoms with Gasteiger partial charge in [-0.3, -0.25) is 4.79 Å². The zero-order valence-electron chi connectivity index (χ0n) is 14.5.